The molecule has 4 aromatic rings. The number of benzene rings is 2. The van der Waals surface area contributed by atoms with Crippen LogP contribution in [0.15, 0.2) is 81.9 Å². The molecular weight excluding hydrogens is 446 g/mol. The lowest BCUT2D eigenvalue weighted by Crippen LogP contribution is -2.33. The number of sulfonamides is 1. The van der Waals surface area contributed by atoms with Crippen LogP contribution in [0.1, 0.15) is 0 Å². The van der Waals surface area contributed by atoms with Crippen LogP contribution in [0.25, 0.3) is 16.5 Å². The summed E-state index contributed by atoms with van der Waals surface area (Å²) in [6, 6.07) is 17.4. The molecule has 2 aromatic carbocycles. The number of halogens is 1. The van der Waals surface area contributed by atoms with Gasteiger partial charge in [-0.3, -0.25) is 9.36 Å². The van der Waals surface area contributed by atoms with Crippen molar-refractivity contribution in [3.63, 3.8) is 0 Å². The van der Waals surface area contributed by atoms with Crippen molar-refractivity contribution in [2.75, 3.05) is 5.32 Å². The van der Waals surface area contributed by atoms with E-state index in [0.717, 1.165) is 16.7 Å². The van der Waals surface area contributed by atoms with E-state index in [2.05, 4.69) is 5.32 Å². The van der Waals surface area contributed by atoms with Crippen molar-refractivity contribution in [3.8, 4) is 5.69 Å². The van der Waals surface area contributed by atoms with Crippen LogP contribution in [0.5, 0.6) is 0 Å². The molecule has 7 nitrogen and oxygen atoms in total. The highest BCUT2D eigenvalue weighted by atomic mass is 35.5. The number of anilines is 1. The monoisotopic (exact) mass is 459 g/mol. The van der Waals surface area contributed by atoms with Crippen LogP contribution >= 0.6 is 22.9 Å². The number of hydrogen-bond acceptors (Lipinski definition) is 5. The molecule has 30 heavy (non-hydrogen) atoms. The molecule has 2 aromatic heterocycles. The second-order valence-corrected chi connectivity index (χ2v) is 9.87. The van der Waals surface area contributed by atoms with Crippen molar-refractivity contribution in [3.05, 3.63) is 87.6 Å². The third kappa shape index (κ3) is 4.09. The minimum absolute atomic E-state index is 0.0614. The summed E-state index contributed by atoms with van der Waals surface area (Å²) < 4.78 is 28.0. The maximum atomic E-state index is 12.7. The molecule has 0 aliphatic rings. The Bertz CT molecular complexity index is 1410. The highest BCUT2D eigenvalue weighted by molar-refractivity contribution is 7.92. The second-order valence-electron chi connectivity index (χ2n) is 6.24. The summed E-state index contributed by atoms with van der Waals surface area (Å²) in [6.45, 7) is 0. The highest BCUT2D eigenvalue weighted by Gasteiger charge is 2.19. The van der Waals surface area contributed by atoms with Crippen molar-refractivity contribution in [1.29, 1.82) is 0 Å². The summed E-state index contributed by atoms with van der Waals surface area (Å²) in [7, 11) is -4.01. The van der Waals surface area contributed by atoms with E-state index in [1.54, 1.807) is 42.6 Å². The van der Waals surface area contributed by atoms with Crippen LogP contribution in [-0.4, -0.2) is 19.0 Å². The highest BCUT2D eigenvalue weighted by Crippen LogP contribution is 2.25. The van der Waals surface area contributed by atoms with Crippen LogP contribution in [0, 0.1) is 0 Å². The number of urea groups is 1. The summed E-state index contributed by atoms with van der Waals surface area (Å²) in [5.41, 5.74) is 0.814. The number of carbonyl (C=O) groups excluding carboxylic acids is 1. The molecule has 10 heteroatoms. The standard InChI is InChI=1S/C20H14ClN3O4S2/c21-17-9-10-18(29-17)30(27,28)23-20(26)22-14-5-7-15(8-6-14)24-12-11-13-3-1-2-4-16(13)19(24)25/h1-12H,(H2,22,23,26). The Morgan fingerprint density at radius 1 is 0.967 bits per heavy atom. The van der Waals surface area contributed by atoms with E-state index in [1.807, 2.05) is 22.9 Å². The predicted molar refractivity (Wildman–Crippen MR) is 118 cm³/mol. The first kappa shape index (κ1) is 20.1. The van der Waals surface area contributed by atoms with E-state index < -0.39 is 16.1 Å². The molecule has 2 N–H and O–H groups in total. The minimum Gasteiger partial charge on any atom is -0.307 e. The molecule has 0 saturated heterocycles. The Labute approximate surface area is 180 Å². The number of aromatic nitrogens is 1. The molecule has 0 fully saturated rings. The second kappa shape index (κ2) is 7.94. The van der Waals surface area contributed by atoms with Gasteiger partial charge in [0.2, 0.25) is 0 Å². The fourth-order valence-corrected chi connectivity index (χ4v) is 5.26. The first-order chi connectivity index (χ1) is 14.3. The summed E-state index contributed by atoms with van der Waals surface area (Å²) >= 11 is 6.59. The number of hydrogen-bond donors (Lipinski definition) is 2. The number of nitrogens with zero attached hydrogens (tertiary/aromatic N) is 1. The van der Waals surface area contributed by atoms with Gasteiger partial charge in [0.05, 0.1) is 4.34 Å². The summed E-state index contributed by atoms with van der Waals surface area (Å²) in [6.07, 6.45) is 1.68. The molecule has 0 aliphatic carbocycles. The predicted octanol–water partition coefficient (Wildman–Crippen LogP) is 4.22. The third-order valence-electron chi connectivity index (χ3n) is 4.26. The molecule has 0 aliphatic heterocycles. The van der Waals surface area contributed by atoms with Crippen LogP contribution in [0.4, 0.5) is 10.5 Å². The quantitative estimate of drug-likeness (QED) is 0.477. The fraction of sp³-hybridized carbons (Fsp3) is 0. The van der Waals surface area contributed by atoms with Crippen molar-refractivity contribution < 1.29 is 13.2 Å². The van der Waals surface area contributed by atoms with E-state index in [0.29, 0.717) is 21.1 Å². The maximum Gasteiger partial charge on any atom is 0.333 e. The molecule has 2 amide bonds. The van der Waals surface area contributed by atoms with Crippen LogP contribution in [0.3, 0.4) is 0 Å². The zero-order valence-corrected chi connectivity index (χ0v) is 17.6. The molecule has 152 valence electrons. The molecule has 2 heterocycles. The van der Waals surface area contributed by atoms with Gasteiger partial charge in [0.15, 0.2) is 0 Å². The maximum absolute atomic E-state index is 12.7. The molecule has 0 radical (unpaired) electrons. The Balaban J connectivity index is 1.51. The van der Waals surface area contributed by atoms with Crippen LogP contribution < -0.4 is 15.6 Å². The van der Waals surface area contributed by atoms with E-state index >= 15 is 0 Å². The first-order valence-corrected chi connectivity index (χ1v) is 11.3. The Morgan fingerprint density at radius 2 is 1.70 bits per heavy atom. The smallest absolute Gasteiger partial charge is 0.307 e. The molecule has 0 bridgehead atoms. The fourth-order valence-electron chi connectivity index (χ4n) is 2.87. The molecule has 0 saturated carbocycles. The Morgan fingerprint density at radius 3 is 2.40 bits per heavy atom. The number of nitrogens with one attached hydrogen (secondary N) is 2. The molecule has 4 rings (SSSR count). The van der Waals surface area contributed by atoms with Gasteiger partial charge in [-0.05, 0) is 53.9 Å². The Hall–Kier alpha value is -3.14. The molecular formula is C20H14ClN3O4S2. The van der Waals surface area contributed by atoms with Gasteiger partial charge >= 0.3 is 6.03 Å². The average Bonchev–Trinajstić information content (AvgIpc) is 3.16. The Kier molecular flexibility index (Phi) is 5.33. The van der Waals surface area contributed by atoms with Gasteiger partial charge < -0.3 is 5.32 Å². The van der Waals surface area contributed by atoms with Crippen molar-refractivity contribution in [1.82, 2.24) is 9.29 Å². The lowest BCUT2D eigenvalue weighted by atomic mass is 10.1. The average molecular weight is 460 g/mol. The van der Waals surface area contributed by atoms with Crippen molar-refractivity contribution in [2.24, 2.45) is 0 Å². The molecule has 0 atom stereocenters. The normalized spacial score (nSPS) is 11.4. The number of amides is 2. The minimum atomic E-state index is -4.01. The number of thiophene rings is 1. The zero-order chi connectivity index (χ0) is 21.3. The summed E-state index contributed by atoms with van der Waals surface area (Å²) in [4.78, 5) is 24.8. The van der Waals surface area contributed by atoms with Gasteiger partial charge in [0.1, 0.15) is 4.21 Å². The SMILES string of the molecule is O=C(Nc1ccc(-n2ccc3ccccc3c2=O)cc1)NS(=O)(=O)c1ccc(Cl)s1. The number of carbonyl (C=O) groups is 1. The molecule has 0 spiro atoms. The lowest BCUT2D eigenvalue weighted by molar-refractivity contribution is 0.256. The number of rotatable bonds is 4. The van der Waals surface area contributed by atoms with Gasteiger partial charge in [-0.25, -0.2) is 17.9 Å². The largest absolute Gasteiger partial charge is 0.333 e. The van der Waals surface area contributed by atoms with Crippen molar-refractivity contribution in [2.45, 2.75) is 4.21 Å². The first-order valence-electron chi connectivity index (χ1n) is 8.63. The van der Waals surface area contributed by atoms with Crippen molar-refractivity contribution >= 4 is 55.5 Å². The van der Waals surface area contributed by atoms with Gasteiger partial charge in [-0.15, -0.1) is 11.3 Å². The van der Waals surface area contributed by atoms with E-state index in [9.17, 15) is 18.0 Å². The van der Waals surface area contributed by atoms with Crippen LogP contribution in [0.2, 0.25) is 4.34 Å². The number of pyridine rings is 1. The third-order valence-corrected chi connectivity index (χ3v) is 7.31. The van der Waals surface area contributed by atoms with Gasteiger partial charge in [-0.2, -0.15) is 0 Å². The number of fused-ring (bicyclic) bond motifs is 1. The molecule has 0 unspecified atom stereocenters. The van der Waals surface area contributed by atoms with Gasteiger partial charge in [-0.1, -0.05) is 29.8 Å². The van der Waals surface area contributed by atoms with Gasteiger partial charge in [0.25, 0.3) is 15.6 Å². The van der Waals surface area contributed by atoms with Crippen LogP contribution in [-0.2, 0) is 10.0 Å². The van der Waals surface area contributed by atoms with E-state index in [-0.39, 0.29) is 9.77 Å². The topological polar surface area (TPSA) is 97.3 Å². The summed E-state index contributed by atoms with van der Waals surface area (Å²) in [5, 5.41) is 3.90. The van der Waals surface area contributed by atoms with Gasteiger partial charge in [0, 0.05) is 23.0 Å². The van der Waals surface area contributed by atoms with E-state index in [4.69, 9.17) is 11.6 Å². The summed E-state index contributed by atoms with van der Waals surface area (Å²) in [5.74, 6) is 0. The van der Waals surface area contributed by atoms with E-state index in [1.165, 1.54) is 16.7 Å². The lowest BCUT2D eigenvalue weighted by Gasteiger charge is -2.10. The zero-order valence-electron chi connectivity index (χ0n) is 15.2.